The zero-order valence-corrected chi connectivity index (χ0v) is 6.73. The predicted octanol–water partition coefficient (Wildman–Crippen LogP) is 0.306. The third kappa shape index (κ3) is 2.52. The predicted molar refractivity (Wildman–Crippen MR) is 39.2 cm³/mol. The van der Waals surface area contributed by atoms with Gasteiger partial charge < -0.3 is 16.6 Å². The third-order valence-corrected chi connectivity index (χ3v) is 1.30. The van der Waals surface area contributed by atoms with Gasteiger partial charge in [0.1, 0.15) is 5.75 Å². The molecule has 1 aromatic rings. The van der Waals surface area contributed by atoms with Gasteiger partial charge in [-0.1, -0.05) is 18.2 Å². The Kier molecular flexibility index (Phi) is 4.15. The van der Waals surface area contributed by atoms with Crippen molar-refractivity contribution in [3.05, 3.63) is 29.8 Å². The summed E-state index contributed by atoms with van der Waals surface area (Å²) in [6.07, 6.45) is -0.596. The maximum atomic E-state index is 9.12. The van der Waals surface area contributed by atoms with E-state index in [-0.39, 0.29) is 22.8 Å². The monoisotopic (exact) mass is 201 g/mol. The Morgan fingerprint density at radius 3 is 2.09 bits per heavy atom. The number of para-hydroxylation sites is 1. The van der Waals surface area contributed by atoms with E-state index in [4.69, 9.17) is 16.6 Å². The van der Waals surface area contributed by atoms with Crippen molar-refractivity contribution >= 4 is 0 Å². The van der Waals surface area contributed by atoms with E-state index in [1.807, 2.05) is 0 Å². The fourth-order valence-electron chi connectivity index (χ4n) is 0.769. The summed E-state index contributed by atoms with van der Waals surface area (Å²) in [5, 5.41) is 9.12. The van der Waals surface area contributed by atoms with Gasteiger partial charge in [0, 0.05) is 22.6 Å². The zero-order chi connectivity index (χ0) is 7.56. The number of benzene rings is 1. The molecule has 0 bridgehead atoms. The van der Waals surface area contributed by atoms with Crippen molar-refractivity contribution in [3.8, 4) is 5.75 Å². The Labute approximate surface area is 75.9 Å². The molecule has 0 saturated carbocycles. The number of rotatable bonds is 1. The summed E-state index contributed by atoms with van der Waals surface area (Å²) in [5.74, 6) is 0.150. The Balaban J connectivity index is 0.000001000. The van der Waals surface area contributed by atoms with Crippen LogP contribution in [-0.2, 0) is 17.1 Å². The van der Waals surface area contributed by atoms with E-state index in [1.165, 1.54) is 0 Å². The van der Waals surface area contributed by atoms with Crippen LogP contribution in [0.15, 0.2) is 24.3 Å². The van der Waals surface area contributed by atoms with Gasteiger partial charge in [-0.05, 0) is 6.07 Å². The van der Waals surface area contributed by atoms with E-state index in [9.17, 15) is 0 Å². The van der Waals surface area contributed by atoms with Crippen LogP contribution in [0.5, 0.6) is 5.75 Å². The molecule has 0 aliphatic heterocycles. The molecule has 0 saturated heterocycles. The molecule has 11 heavy (non-hydrogen) atoms. The standard InChI is InChI=1S/C7H10N2O.Cu/c8-7(9)5-3-1-2-4-6(5)10;/h1-4,7,10H,8-9H2;. The molecule has 1 aromatic carbocycles. The number of hydrogen-bond donors (Lipinski definition) is 3. The maximum absolute atomic E-state index is 9.12. The van der Waals surface area contributed by atoms with Crippen LogP contribution in [0.3, 0.4) is 0 Å². The van der Waals surface area contributed by atoms with Gasteiger partial charge in [0.05, 0.1) is 6.17 Å². The number of aromatic hydroxyl groups is 1. The summed E-state index contributed by atoms with van der Waals surface area (Å²) >= 11 is 0. The minimum absolute atomic E-state index is 0. The summed E-state index contributed by atoms with van der Waals surface area (Å²) in [7, 11) is 0. The molecule has 0 unspecified atom stereocenters. The van der Waals surface area contributed by atoms with Crippen LogP contribution in [0.4, 0.5) is 0 Å². The number of phenols is 1. The molecule has 65 valence electrons. The summed E-state index contributed by atoms with van der Waals surface area (Å²) in [5.41, 5.74) is 11.2. The van der Waals surface area contributed by atoms with E-state index in [2.05, 4.69) is 0 Å². The number of nitrogens with two attached hydrogens (primary N) is 2. The molecular weight excluding hydrogens is 192 g/mol. The van der Waals surface area contributed by atoms with Crippen LogP contribution in [0.1, 0.15) is 11.7 Å². The van der Waals surface area contributed by atoms with Crippen LogP contribution in [0.2, 0.25) is 0 Å². The summed E-state index contributed by atoms with van der Waals surface area (Å²) in [6.45, 7) is 0. The van der Waals surface area contributed by atoms with Crippen LogP contribution in [-0.4, -0.2) is 5.11 Å². The van der Waals surface area contributed by atoms with Crippen molar-refractivity contribution < 1.29 is 22.2 Å². The van der Waals surface area contributed by atoms with Gasteiger partial charge in [0.2, 0.25) is 0 Å². The summed E-state index contributed by atoms with van der Waals surface area (Å²) < 4.78 is 0. The van der Waals surface area contributed by atoms with Crippen LogP contribution >= 0.6 is 0 Å². The van der Waals surface area contributed by atoms with Crippen molar-refractivity contribution in [2.45, 2.75) is 6.17 Å². The van der Waals surface area contributed by atoms with Gasteiger partial charge in [-0.3, -0.25) is 0 Å². The van der Waals surface area contributed by atoms with Crippen molar-refractivity contribution in [1.82, 2.24) is 0 Å². The van der Waals surface area contributed by atoms with Crippen LogP contribution in [0.25, 0.3) is 0 Å². The van der Waals surface area contributed by atoms with Crippen molar-refractivity contribution in [3.63, 3.8) is 0 Å². The summed E-state index contributed by atoms with van der Waals surface area (Å²) in [4.78, 5) is 0. The first-order valence-electron chi connectivity index (χ1n) is 3.01. The smallest absolute Gasteiger partial charge is 0.121 e. The first kappa shape index (κ1) is 10.5. The van der Waals surface area contributed by atoms with E-state index >= 15 is 0 Å². The molecular formula is C7H10CuN2O. The number of hydrogen-bond acceptors (Lipinski definition) is 3. The van der Waals surface area contributed by atoms with Crippen molar-refractivity contribution in [1.29, 1.82) is 0 Å². The molecule has 4 heteroatoms. The first-order chi connectivity index (χ1) is 4.72. The number of phenolic OH excluding ortho intramolecular Hbond substituents is 1. The topological polar surface area (TPSA) is 72.3 Å². The average molecular weight is 202 g/mol. The van der Waals surface area contributed by atoms with Gasteiger partial charge in [-0.15, -0.1) is 0 Å². The maximum Gasteiger partial charge on any atom is 0.121 e. The van der Waals surface area contributed by atoms with Gasteiger partial charge in [-0.2, -0.15) is 0 Å². The Hall–Kier alpha value is -0.541. The second kappa shape index (κ2) is 4.36. The Morgan fingerprint density at radius 2 is 1.73 bits per heavy atom. The molecule has 0 aromatic heterocycles. The molecule has 0 aliphatic rings. The average Bonchev–Trinajstić information content (AvgIpc) is 1.88. The van der Waals surface area contributed by atoms with Gasteiger partial charge >= 0.3 is 0 Å². The second-order valence-corrected chi connectivity index (χ2v) is 2.08. The quantitative estimate of drug-likeness (QED) is 0.452. The molecule has 0 aliphatic carbocycles. The summed E-state index contributed by atoms with van der Waals surface area (Å²) in [6, 6.07) is 6.76. The fourth-order valence-corrected chi connectivity index (χ4v) is 0.769. The molecule has 0 fully saturated rings. The van der Waals surface area contributed by atoms with E-state index < -0.39 is 6.17 Å². The molecule has 0 spiro atoms. The van der Waals surface area contributed by atoms with Gasteiger partial charge in [0.25, 0.3) is 0 Å². The van der Waals surface area contributed by atoms with Crippen LogP contribution in [0, 0.1) is 0 Å². The van der Waals surface area contributed by atoms with Gasteiger partial charge in [-0.25, -0.2) is 0 Å². The fraction of sp³-hybridized carbons (Fsp3) is 0.143. The van der Waals surface area contributed by atoms with E-state index in [0.717, 1.165) is 0 Å². The third-order valence-electron chi connectivity index (χ3n) is 1.30. The molecule has 1 radical (unpaired) electrons. The van der Waals surface area contributed by atoms with Gasteiger partial charge in [0.15, 0.2) is 0 Å². The molecule has 1 rings (SSSR count). The van der Waals surface area contributed by atoms with Crippen molar-refractivity contribution in [2.24, 2.45) is 11.5 Å². The first-order valence-corrected chi connectivity index (χ1v) is 3.01. The molecule has 5 N–H and O–H groups in total. The second-order valence-electron chi connectivity index (χ2n) is 2.08. The largest absolute Gasteiger partial charge is 0.508 e. The normalized spacial score (nSPS) is 9.36. The minimum Gasteiger partial charge on any atom is -0.508 e. The zero-order valence-electron chi connectivity index (χ0n) is 5.79. The van der Waals surface area contributed by atoms with Crippen LogP contribution < -0.4 is 11.5 Å². The Morgan fingerprint density at radius 1 is 1.18 bits per heavy atom. The van der Waals surface area contributed by atoms with E-state index in [1.54, 1.807) is 24.3 Å². The van der Waals surface area contributed by atoms with E-state index in [0.29, 0.717) is 5.56 Å². The Bertz CT molecular complexity index is 227. The van der Waals surface area contributed by atoms with Crippen molar-refractivity contribution in [2.75, 3.05) is 0 Å². The molecule has 0 atom stereocenters. The minimum atomic E-state index is -0.596. The molecule has 3 nitrogen and oxygen atoms in total. The SMILES string of the molecule is NC(N)c1ccccc1O.[Cu]. The molecule has 0 amide bonds. The molecule has 0 heterocycles.